The zero-order valence-corrected chi connectivity index (χ0v) is 27.3. The molecule has 0 radical (unpaired) electrons. The van der Waals surface area contributed by atoms with Crippen molar-refractivity contribution in [2.24, 2.45) is 17.6 Å². The Morgan fingerprint density at radius 1 is 1.07 bits per heavy atom. The Morgan fingerprint density at radius 2 is 1.72 bits per heavy atom. The first-order valence-corrected chi connectivity index (χ1v) is 15.6. The molecule has 0 aromatic rings. The van der Waals surface area contributed by atoms with Crippen LogP contribution in [0.3, 0.4) is 0 Å². The van der Waals surface area contributed by atoms with Gasteiger partial charge in [-0.05, 0) is 59.3 Å². The van der Waals surface area contributed by atoms with Gasteiger partial charge in [0.15, 0.2) is 0 Å². The molecule has 5 N–H and O–H groups in total. The summed E-state index contributed by atoms with van der Waals surface area (Å²) in [5.41, 5.74) is 5.52. The maximum Gasteiger partial charge on any atom is 0.407 e. The van der Waals surface area contributed by atoms with E-state index in [0.717, 1.165) is 32.1 Å². The number of alkyl carbamates (subject to hydrolysis) is 2. The molecule has 1 aliphatic carbocycles. The van der Waals surface area contributed by atoms with Crippen molar-refractivity contribution in [3.63, 3.8) is 0 Å². The highest BCUT2D eigenvalue weighted by Gasteiger charge is 2.64. The number of methoxy groups -OCH3 is 1. The molecule has 1 saturated carbocycles. The molecule has 3 unspecified atom stereocenters. The highest BCUT2D eigenvalue weighted by Crippen LogP contribution is 2.52. The van der Waals surface area contributed by atoms with Gasteiger partial charge in [-0.25, -0.2) is 9.59 Å². The number of unbranched alkanes of at least 4 members (excludes halogenated alkanes) is 3. The third kappa shape index (κ3) is 12.2. The molecular formula is C31H56N4O8. The molecule has 1 heterocycles. The first-order chi connectivity index (χ1) is 20.3. The van der Waals surface area contributed by atoms with Gasteiger partial charge in [0, 0.05) is 26.1 Å². The first-order valence-electron chi connectivity index (χ1n) is 15.6. The third-order valence-electron chi connectivity index (χ3n) is 8.24. The average Bonchev–Trinajstić information content (AvgIpc) is 3.71. The van der Waals surface area contributed by atoms with Crippen LogP contribution < -0.4 is 21.7 Å². The fourth-order valence-electron chi connectivity index (χ4n) is 5.63. The van der Waals surface area contributed by atoms with Gasteiger partial charge < -0.3 is 45.4 Å². The molecule has 43 heavy (non-hydrogen) atoms. The first kappa shape index (κ1) is 36.8. The minimum Gasteiger partial charge on any atom is -0.447 e. The number of ether oxygens (including phenoxy) is 5. The number of carbonyl (C=O) groups is 3. The Morgan fingerprint density at radius 3 is 2.28 bits per heavy atom. The molecule has 1 spiro atoms. The fraction of sp³-hybridized carbons (Fsp3) is 0.839. The summed E-state index contributed by atoms with van der Waals surface area (Å²) in [6.45, 7) is 14.2. The predicted molar refractivity (Wildman–Crippen MR) is 164 cm³/mol. The van der Waals surface area contributed by atoms with Gasteiger partial charge in [-0.1, -0.05) is 38.3 Å². The van der Waals surface area contributed by atoms with E-state index in [2.05, 4.69) is 16.0 Å². The zero-order valence-electron chi connectivity index (χ0n) is 27.3. The van der Waals surface area contributed by atoms with Crippen LogP contribution in [0.5, 0.6) is 0 Å². The number of nitrogens with two attached hydrogens (primary N) is 1. The molecule has 2 rings (SSSR count). The molecule has 2 fully saturated rings. The monoisotopic (exact) mass is 612 g/mol. The number of rotatable bonds is 18. The van der Waals surface area contributed by atoms with Crippen molar-refractivity contribution in [2.75, 3.05) is 46.6 Å². The highest BCUT2D eigenvalue weighted by atomic mass is 16.6. The van der Waals surface area contributed by atoms with Crippen molar-refractivity contribution in [1.82, 2.24) is 16.0 Å². The average molecular weight is 613 g/mol. The number of hydrogen-bond donors (Lipinski definition) is 4. The van der Waals surface area contributed by atoms with Crippen LogP contribution >= 0.6 is 0 Å². The molecule has 12 heteroatoms. The van der Waals surface area contributed by atoms with Gasteiger partial charge >= 0.3 is 12.2 Å². The van der Waals surface area contributed by atoms with Gasteiger partial charge in [0.25, 0.3) is 0 Å². The van der Waals surface area contributed by atoms with Crippen LogP contribution in [0.2, 0.25) is 0 Å². The lowest BCUT2D eigenvalue weighted by Crippen LogP contribution is -2.59. The van der Waals surface area contributed by atoms with Gasteiger partial charge in [-0.15, -0.1) is 0 Å². The van der Waals surface area contributed by atoms with Crippen molar-refractivity contribution < 1.29 is 38.1 Å². The molecule has 12 nitrogen and oxygen atoms in total. The second kappa shape index (κ2) is 17.8. The molecule has 0 bridgehead atoms. The number of carbonyl (C=O) groups excluding carboxylic acids is 3. The van der Waals surface area contributed by atoms with E-state index in [-0.39, 0.29) is 36.5 Å². The second-order valence-electron chi connectivity index (χ2n) is 12.7. The second-order valence-corrected chi connectivity index (χ2v) is 12.7. The van der Waals surface area contributed by atoms with E-state index >= 15 is 0 Å². The van der Waals surface area contributed by atoms with Crippen LogP contribution in [0.25, 0.3) is 0 Å². The van der Waals surface area contributed by atoms with Crippen molar-refractivity contribution in [2.45, 2.75) is 110 Å². The number of epoxide rings is 1. The van der Waals surface area contributed by atoms with E-state index in [9.17, 15) is 14.4 Å². The Kier molecular flexibility index (Phi) is 15.2. The van der Waals surface area contributed by atoms with Crippen molar-refractivity contribution in [1.29, 1.82) is 0 Å². The van der Waals surface area contributed by atoms with E-state index in [1.54, 1.807) is 7.11 Å². The van der Waals surface area contributed by atoms with Crippen molar-refractivity contribution >= 4 is 18.1 Å². The molecule has 1 aliphatic heterocycles. The van der Waals surface area contributed by atoms with E-state index in [4.69, 9.17) is 29.4 Å². The smallest absolute Gasteiger partial charge is 0.407 e. The maximum atomic E-state index is 13.0. The van der Waals surface area contributed by atoms with Crippen LogP contribution in [0.15, 0.2) is 11.6 Å². The maximum absolute atomic E-state index is 13.0. The minimum absolute atomic E-state index is 0.00226. The SMILES string of the molecule is COC1C(OC(=O)N[C@@H](COC(=O)NCCCCCCNC(=O)CN)C(C)C)CC[C@]2(CO2)C1C(C)(C)OCC=C(C)C. The zero-order chi connectivity index (χ0) is 32.0. The normalized spacial score (nSPS) is 23.8. The van der Waals surface area contributed by atoms with E-state index in [0.29, 0.717) is 32.7 Å². The van der Waals surface area contributed by atoms with Crippen LogP contribution in [0.4, 0.5) is 9.59 Å². The Balaban J connectivity index is 1.81. The van der Waals surface area contributed by atoms with Crippen molar-refractivity contribution in [3.8, 4) is 0 Å². The number of allylic oxidation sites excluding steroid dienone is 1. The van der Waals surface area contributed by atoms with Gasteiger partial charge in [0.2, 0.25) is 5.91 Å². The number of hydrogen-bond acceptors (Lipinski definition) is 9. The van der Waals surface area contributed by atoms with E-state index in [1.165, 1.54) is 5.57 Å². The Bertz CT molecular complexity index is 917. The molecule has 3 amide bonds. The Labute approximate surface area is 257 Å². The number of amides is 3. The summed E-state index contributed by atoms with van der Waals surface area (Å²) >= 11 is 0. The molecule has 2 aliphatic rings. The van der Waals surface area contributed by atoms with Crippen LogP contribution in [-0.4, -0.2) is 94.1 Å². The molecular weight excluding hydrogens is 556 g/mol. The van der Waals surface area contributed by atoms with Gasteiger partial charge in [0.1, 0.15) is 18.8 Å². The van der Waals surface area contributed by atoms with E-state index < -0.39 is 36.0 Å². The summed E-state index contributed by atoms with van der Waals surface area (Å²) in [6.07, 6.45) is 4.90. The third-order valence-corrected chi connectivity index (χ3v) is 8.24. The molecule has 1 saturated heterocycles. The van der Waals surface area contributed by atoms with Crippen LogP contribution in [0, 0.1) is 11.8 Å². The molecule has 0 aromatic carbocycles. The predicted octanol–water partition coefficient (Wildman–Crippen LogP) is 3.42. The molecule has 5 atom stereocenters. The van der Waals surface area contributed by atoms with Crippen LogP contribution in [0.1, 0.15) is 80.1 Å². The largest absolute Gasteiger partial charge is 0.447 e. The van der Waals surface area contributed by atoms with Crippen molar-refractivity contribution in [3.05, 3.63) is 11.6 Å². The standard InChI is InChI=1S/C31H56N4O8/c1-21(2)13-17-41-30(5,6)27-26(39-7)24(12-14-31(27)20-42-31)43-29(38)35-23(22(3)4)19-40-28(37)34-16-11-9-8-10-15-33-25(36)18-32/h13,22-24,26-27H,8-12,14-20,32H2,1-7H3,(H,33,36)(H,34,37)(H,35,38)/t23-,24?,26?,27?,31-/m0/s1. The summed E-state index contributed by atoms with van der Waals surface area (Å²) in [5, 5.41) is 8.36. The lowest BCUT2D eigenvalue weighted by Gasteiger charge is -2.47. The summed E-state index contributed by atoms with van der Waals surface area (Å²) in [7, 11) is 1.63. The fourth-order valence-corrected chi connectivity index (χ4v) is 5.63. The molecule has 0 aromatic heterocycles. The van der Waals surface area contributed by atoms with E-state index in [1.807, 2.05) is 47.6 Å². The summed E-state index contributed by atoms with van der Waals surface area (Å²) in [4.78, 5) is 36.4. The Hall–Kier alpha value is -2.41. The summed E-state index contributed by atoms with van der Waals surface area (Å²) in [5.74, 6) is -0.286. The lowest BCUT2D eigenvalue weighted by atomic mass is 9.68. The van der Waals surface area contributed by atoms with Gasteiger partial charge in [-0.2, -0.15) is 0 Å². The quantitative estimate of drug-likeness (QED) is 0.103. The molecule has 248 valence electrons. The lowest BCUT2D eigenvalue weighted by molar-refractivity contribution is -0.172. The van der Waals surface area contributed by atoms with Gasteiger partial charge in [-0.3, -0.25) is 4.79 Å². The number of nitrogens with one attached hydrogen (secondary N) is 3. The summed E-state index contributed by atoms with van der Waals surface area (Å²) < 4.78 is 29.5. The highest BCUT2D eigenvalue weighted by molar-refractivity contribution is 5.77. The minimum atomic E-state index is -0.578. The van der Waals surface area contributed by atoms with Gasteiger partial charge in [0.05, 0.1) is 37.0 Å². The summed E-state index contributed by atoms with van der Waals surface area (Å²) in [6, 6.07) is -0.427. The van der Waals surface area contributed by atoms with Crippen LogP contribution in [-0.2, 0) is 28.5 Å². The topological polar surface area (TPSA) is 163 Å².